The summed E-state index contributed by atoms with van der Waals surface area (Å²) in [5.74, 6) is 0. The molecule has 0 radical (unpaired) electrons. The van der Waals surface area contributed by atoms with Gasteiger partial charge in [0.05, 0.1) is 5.69 Å². The normalized spacial score (nSPS) is 11.8. The summed E-state index contributed by atoms with van der Waals surface area (Å²) < 4.78 is 8.85. The molecule has 2 aromatic heterocycles. The summed E-state index contributed by atoms with van der Waals surface area (Å²) in [4.78, 5) is 2.44. The fourth-order valence-electron chi connectivity index (χ4n) is 7.25. The van der Waals surface area contributed by atoms with Gasteiger partial charge in [-0.1, -0.05) is 115 Å². The largest absolute Gasteiger partial charge is 0.456 e. The number of thiophene rings is 1. The second kappa shape index (κ2) is 10.3. The Morgan fingerprint density at radius 2 is 1.09 bits per heavy atom. The molecule has 0 amide bonds. The molecule has 0 saturated carbocycles. The molecule has 47 heavy (non-hydrogen) atoms. The minimum atomic E-state index is 0.893. The van der Waals surface area contributed by atoms with Crippen molar-refractivity contribution in [2.45, 2.75) is 0 Å². The molecule has 2 heterocycles. The summed E-state index contributed by atoms with van der Waals surface area (Å²) in [5, 5.41) is 9.75. The number of para-hydroxylation sites is 1. The minimum absolute atomic E-state index is 0.893. The number of hydrogen-bond donors (Lipinski definition) is 0. The number of furan rings is 1. The average molecular weight is 618 g/mol. The topological polar surface area (TPSA) is 16.4 Å². The Morgan fingerprint density at radius 1 is 0.447 bits per heavy atom. The highest BCUT2D eigenvalue weighted by Gasteiger charge is 2.22. The first-order chi connectivity index (χ1) is 23.3. The number of nitrogens with zero attached hydrogens (tertiary/aromatic N) is 1. The van der Waals surface area contributed by atoms with E-state index in [-0.39, 0.29) is 0 Å². The molecule has 0 atom stereocenters. The number of rotatable bonds is 4. The highest BCUT2D eigenvalue weighted by molar-refractivity contribution is 7.26. The lowest BCUT2D eigenvalue weighted by Crippen LogP contribution is -2.10. The quantitative estimate of drug-likeness (QED) is 0.183. The maximum atomic E-state index is 6.27. The smallest absolute Gasteiger partial charge is 0.135 e. The molecule has 10 rings (SSSR count). The van der Waals surface area contributed by atoms with Crippen molar-refractivity contribution in [1.29, 1.82) is 0 Å². The molecule has 0 unspecified atom stereocenters. The Kier molecular flexibility index (Phi) is 5.78. The Hall–Kier alpha value is -5.90. The van der Waals surface area contributed by atoms with Crippen molar-refractivity contribution in [3.05, 3.63) is 164 Å². The summed E-state index contributed by atoms with van der Waals surface area (Å²) in [6.45, 7) is 0. The van der Waals surface area contributed by atoms with Gasteiger partial charge in [-0.15, -0.1) is 11.3 Å². The van der Waals surface area contributed by atoms with Gasteiger partial charge in [-0.3, -0.25) is 0 Å². The third kappa shape index (κ3) is 4.10. The van der Waals surface area contributed by atoms with E-state index >= 15 is 0 Å². The molecule has 3 heteroatoms. The van der Waals surface area contributed by atoms with Crippen LogP contribution in [0.2, 0.25) is 0 Å². The van der Waals surface area contributed by atoms with Crippen LogP contribution in [0.15, 0.2) is 168 Å². The van der Waals surface area contributed by atoms with Crippen LogP contribution >= 0.6 is 11.3 Å². The first-order valence-electron chi connectivity index (χ1n) is 15.9. The first kappa shape index (κ1) is 26.3. The summed E-state index contributed by atoms with van der Waals surface area (Å²) in [5.41, 5.74) is 7.64. The van der Waals surface area contributed by atoms with E-state index in [2.05, 4.69) is 157 Å². The van der Waals surface area contributed by atoms with E-state index in [4.69, 9.17) is 4.42 Å². The van der Waals surface area contributed by atoms with Crippen LogP contribution in [0.3, 0.4) is 0 Å². The lowest BCUT2D eigenvalue weighted by Gasteiger charge is -2.27. The molecule has 0 aliphatic carbocycles. The van der Waals surface area contributed by atoms with Crippen molar-refractivity contribution in [2.24, 2.45) is 0 Å². The second-order valence-electron chi connectivity index (χ2n) is 12.1. The van der Waals surface area contributed by atoms with Crippen LogP contribution in [0, 0.1) is 0 Å². The zero-order chi connectivity index (χ0) is 30.9. The fourth-order valence-corrected chi connectivity index (χ4v) is 8.51. The van der Waals surface area contributed by atoms with Gasteiger partial charge in [0.1, 0.15) is 11.2 Å². The summed E-state index contributed by atoms with van der Waals surface area (Å²) in [6, 6.07) is 59.1. The van der Waals surface area contributed by atoms with E-state index in [9.17, 15) is 0 Å². The molecule has 0 bridgehead atoms. The van der Waals surface area contributed by atoms with E-state index in [1.54, 1.807) is 0 Å². The lowest BCUT2D eigenvalue weighted by molar-refractivity contribution is 0.669. The standard InChI is InChI=1S/C44H27NOS/c1-2-10-28(11-3-1)34-23-24-39(43-36-15-7-9-17-42(36)47-44(34)43)45(32-22-25-41-38(27-32)35-14-6-8-16-40(35)46-41)31-21-20-30-19-18-29-12-4-5-13-33(29)37(30)26-31/h1-27H. The van der Waals surface area contributed by atoms with Gasteiger partial charge in [-0.05, 0) is 81.2 Å². The van der Waals surface area contributed by atoms with Crippen molar-refractivity contribution < 1.29 is 4.42 Å². The van der Waals surface area contributed by atoms with Gasteiger partial charge in [0, 0.05) is 42.3 Å². The highest BCUT2D eigenvalue weighted by Crippen LogP contribution is 2.49. The third-order valence-corrected chi connectivity index (χ3v) is 10.6. The predicted molar refractivity (Wildman–Crippen MR) is 202 cm³/mol. The molecule has 0 N–H and O–H groups in total. The Balaban J connectivity index is 1.31. The van der Waals surface area contributed by atoms with Crippen molar-refractivity contribution in [3.8, 4) is 11.1 Å². The molecule has 0 spiro atoms. The fraction of sp³-hybridized carbons (Fsp3) is 0. The van der Waals surface area contributed by atoms with Gasteiger partial charge in [-0.2, -0.15) is 0 Å². The number of hydrogen-bond acceptors (Lipinski definition) is 3. The van der Waals surface area contributed by atoms with Crippen LogP contribution in [-0.4, -0.2) is 0 Å². The van der Waals surface area contributed by atoms with E-state index < -0.39 is 0 Å². The molecule has 0 aliphatic rings. The Morgan fingerprint density at radius 3 is 1.96 bits per heavy atom. The van der Waals surface area contributed by atoms with Crippen molar-refractivity contribution in [2.75, 3.05) is 4.90 Å². The molecule has 8 aromatic carbocycles. The first-order valence-corrected chi connectivity index (χ1v) is 16.7. The van der Waals surface area contributed by atoms with Crippen LogP contribution in [0.25, 0.3) is 74.8 Å². The van der Waals surface area contributed by atoms with Crippen LogP contribution in [0.4, 0.5) is 17.1 Å². The van der Waals surface area contributed by atoms with Gasteiger partial charge < -0.3 is 9.32 Å². The minimum Gasteiger partial charge on any atom is -0.456 e. The molecule has 10 aromatic rings. The molecule has 220 valence electrons. The monoisotopic (exact) mass is 617 g/mol. The van der Waals surface area contributed by atoms with Gasteiger partial charge in [0.15, 0.2) is 0 Å². The zero-order valence-electron chi connectivity index (χ0n) is 25.4. The highest BCUT2D eigenvalue weighted by atomic mass is 32.1. The van der Waals surface area contributed by atoms with Gasteiger partial charge in [0.2, 0.25) is 0 Å². The molecule has 0 aliphatic heterocycles. The summed E-state index contributed by atoms with van der Waals surface area (Å²) in [6.07, 6.45) is 0. The summed E-state index contributed by atoms with van der Waals surface area (Å²) in [7, 11) is 0. The van der Waals surface area contributed by atoms with Crippen molar-refractivity contribution in [3.63, 3.8) is 0 Å². The molecular formula is C44H27NOS. The Labute approximate surface area is 275 Å². The molecular weight excluding hydrogens is 591 g/mol. The van der Waals surface area contributed by atoms with E-state index in [1.165, 1.54) is 52.8 Å². The molecule has 0 fully saturated rings. The molecule has 2 nitrogen and oxygen atoms in total. The summed E-state index contributed by atoms with van der Waals surface area (Å²) >= 11 is 1.87. The van der Waals surface area contributed by atoms with E-state index in [0.717, 1.165) is 39.0 Å². The third-order valence-electron chi connectivity index (χ3n) is 9.44. The number of fused-ring (bicyclic) bond motifs is 9. The number of benzene rings is 8. The van der Waals surface area contributed by atoms with Gasteiger partial charge in [-0.25, -0.2) is 0 Å². The number of anilines is 3. The molecule has 0 saturated heterocycles. The van der Waals surface area contributed by atoms with Crippen molar-refractivity contribution in [1.82, 2.24) is 0 Å². The van der Waals surface area contributed by atoms with Crippen LogP contribution in [-0.2, 0) is 0 Å². The van der Waals surface area contributed by atoms with E-state index in [0.29, 0.717) is 0 Å². The lowest BCUT2D eigenvalue weighted by atomic mass is 9.99. The van der Waals surface area contributed by atoms with Gasteiger partial charge >= 0.3 is 0 Å². The van der Waals surface area contributed by atoms with Crippen molar-refractivity contribution >= 4 is 92.1 Å². The van der Waals surface area contributed by atoms with Crippen LogP contribution in [0.1, 0.15) is 0 Å². The van der Waals surface area contributed by atoms with Crippen LogP contribution < -0.4 is 4.90 Å². The van der Waals surface area contributed by atoms with Crippen LogP contribution in [0.5, 0.6) is 0 Å². The zero-order valence-corrected chi connectivity index (χ0v) is 26.2. The maximum absolute atomic E-state index is 6.27. The van der Waals surface area contributed by atoms with E-state index in [1.807, 2.05) is 23.5 Å². The van der Waals surface area contributed by atoms with Gasteiger partial charge in [0.25, 0.3) is 0 Å². The predicted octanol–water partition coefficient (Wildman–Crippen LogP) is 13.4. The average Bonchev–Trinajstić information content (AvgIpc) is 3.71. The SMILES string of the molecule is c1ccc(-c2ccc(N(c3ccc4ccc5ccccc5c4c3)c3ccc4oc5ccccc5c4c3)c3c2sc2ccccc23)cc1. The Bertz CT molecular complexity index is 2810. The second-order valence-corrected chi connectivity index (χ2v) is 13.2. The maximum Gasteiger partial charge on any atom is 0.135 e.